The van der Waals surface area contributed by atoms with Crippen molar-refractivity contribution in [3.05, 3.63) is 136 Å². The number of nitrogens with zero attached hydrogens (tertiary/aromatic N) is 8. The van der Waals surface area contributed by atoms with Crippen LogP contribution >= 0.6 is 11.3 Å². The summed E-state index contributed by atoms with van der Waals surface area (Å²) in [5.41, 5.74) is 6.83. The average Bonchev–Trinajstić information content (AvgIpc) is 1.11. The number of likely N-dealkylation sites (tertiary alicyclic amines) is 1. The van der Waals surface area contributed by atoms with Gasteiger partial charge in [0.2, 0.25) is 53.2 Å². The van der Waals surface area contributed by atoms with Crippen LogP contribution in [-0.2, 0) is 135 Å². The van der Waals surface area contributed by atoms with Crippen molar-refractivity contribution < 1.29 is 160 Å². The van der Waals surface area contributed by atoms with Gasteiger partial charge in [-0.05, 0) is 90.7 Å². The molecule has 3 fully saturated rings. The number of carboxylic acids is 1. The molecule has 0 aliphatic carbocycles. The van der Waals surface area contributed by atoms with E-state index in [1.54, 1.807) is 139 Å². The Hall–Kier alpha value is -10.5. The van der Waals surface area contributed by atoms with E-state index in [2.05, 4.69) is 52.5 Å². The van der Waals surface area contributed by atoms with E-state index in [9.17, 15) is 93.6 Å². The number of hydrogen-bond donors (Lipinski definition) is 16. The van der Waals surface area contributed by atoms with Gasteiger partial charge in [0, 0.05) is 129 Å². The molecule has 44 heteroatoms. The largest absolute Gasteiger partial charge is 0.477 e. The molecule has 4 aliphatic rings. The third kappa shape index (κ3) is 27.7. The minimum atomic E-state index is -2.77. The van der Waals surface area contributed by atoms with E-state index in [0.717, 1.165) is 22.4 Å². The van der Waals surface area contributed by atoms with Gasteiger partial charge in [-0.2, -0.15) is 0 Å². The van der Waals surface area contributed by atoms with Gasteiger partial charge in [-0.25, -0.2) is 24.0 Å². The Labute approximate surface area is 841 Å². The van der Waals surface area contributed by atoms with Gasteiger partial charge in [0.15, 0.2) is 6.29 Å². The molecule has 1 radical (unpaired) electrons. The number of carbonyl (C=O) groups excluding carboxylic acids is 11. The number of anilines is 2. The zero-order valence-corrected chi connectivity index (χ0v) is 84.9. The third-order valence-corrected chi connectivity index (χ3v) is 27.2. The zero-order valence-electron chi connectivity index (χ0n) is 81.3. The Morgan fingerprint density at radius 3 is 2.02 bits per heavy atom. The Morgan fingerprint density at radius 2 is 1.40 bits per heavy atom. The number of nitrogens with two attached hydrogens (primary N) is 1. The van der Waals surface area contributed by atoms with Crippen molar-refractivity contribution in [1.29, 1.82) is 0 Å². The van der Waals surface area contributed by atoms with Crippen molar-refractivity contribution in [1.82, 2.24) is 66.6 Å². The van der Waals surface area contributed by atoms with E-state index in [0.29, 0.717) is 60.2 Å². The molecule has 763 valence electrons. The van der Waals surface area contributed by atoms with Crippen molar-refractivity contribution in [2.75, 3.05) is 64.8 Å². The molecule has 42 nitrogen and oxygen atoms in total. The number of aliphatic hydroxyl groups excluding tert-OH is 7. The van der Waals surface area contributed by atoms with E-state index >= 15 is 4.79 Å². The van der Waals surface area contributed by atoms with Crippen molar-refractivity contribution in [3.63, 3.8) is 0 Å². The molecule has 21 unspecified atom stereocenters. The van der Waals surface area contributed by atoms with Crippen LogP contribution < -0.4 is 47.9 Å². The fourth-order valence-corrected chi connectivity index (χ4v) is 19.1. The Balaban J connectivity index is 0.0000219. The fourth-order valence-electron chi connectivity index (χ4n) is 18.4. The quantitative estimate of drug-likeness (QED) is 0.0244. The number of thiazole rings is 1. The number of fused-ring (bicyclic) bond motifs is 5. The number of hydrogen-bond acceptors (Lipinski definition) is 29. The first-order chi connectivity index (χ1) is 66.0. The van der Waals surface area contributed by atoms with E-state index < -0.39 is 237 Å². The number of nitrogens with one attached hydrogen (secondary N) is 7. The average molecular weight is 2050 g/mol. The minimum Gasteiger partial charge on any atom is -0.477 e. The number of primary amides is 1. The van der Waals surface area contributed by atoms with Crippen LogP contribution in [0.15, 0.2) is 115 Å². The topological polar surface area (TPSA) is 589 Å². The van der Waals surface area contributed by atoms with Crippen LogP contribution in [0.4, 0.5) is 21.0 Å². The number of benzene rings is 4. The number of rotatable bonds is 45. The van der Waals surface area contributed by atoms with Gasteiger partial charge >= 0.3 is 18.1 Å². The number of urea groups is 1. The van der Waals surface area contributed by atoms with Crippen LogP contribution in [0.5, 0.6) is 0 Å². The summed E-state index contributed by atoms with van der Waals surface area (Å²) in [7, 11) is 6.08. The smallest absolute Gasteiger partial charge is 0.410 e. The Bertz CT molecular complexity index is 5200. The number of aliphatic hydroxyl groups is 7. The second kappa shape index (κ2) is 51.5. The summed E-state index contributed by atoms with van der Waals surface area (Å²) in [5.74, 6) is -12.1. The summed E-state index contributed by atoms with van der Waals surface area (Å²) in [5, 5.41) is 118. The van der Waals surface area contributed by atoms with Crippen LogP contribution in [0, 0.1) is 29.6 Å². The van der Waals surface area contributed by atoms with E-state index in [4.69, 9.17) is 34.2 Å². The van der Waals surface area contributed by atoms with Crippen LogP contribution in [0.2, 0.25) is 0 Å². The molecule has 2 aromatic heterocycles. The number of carbonyl (C=O) groups is 12. The predicted octanol–water partition coefficient (Wildman–Crippen LogP) is 3.14. The molecule has 4 aliphatic heterocycles. The summed E-state index contributed by atoms with van der Waals surface area (Å²) in [6.45, 7) is 14.7. The maximum atomic E-state index is 15.0. The maximum Gasteiger partial charge on any atom is 0.410 e. The van der Waals surface area contributed by atoms with Gasteiger partial charge in [0.25, 0.3) is 5.79 Å². The van der Waals surface area contributed by atoms with E-state index in [1.165, 1.54) is 47.2 Å². The van der Waals surface area contributed by atoms with E-state index in [-0.39, 0.29) is 106 Å². The summed E-state index contributed by atoms with van der Waals surface area (Å²) < 4.78 is 35.7. The molecule has 6 heterocycles. The number of para-hydroxylation sites is 1. The van der Waals surface area contributed by atoms with Crippen LogP contribution in [-0.4, -0.2) is 310 Å². The second-order valence-electron chi connectivity index (χ2n) is 37.0. The first-order valence-electron chi connectivity index (χ1n) is 46.7. The van der Waals surface area contributed by atoms with Crippen molar-refractivity contribution in [2.24, 2.45) is 35.3 Å². The number of methoxy groups -OCH3 is 2. The fraction of sp³-hybridized carbons (Fsp3) is 0.573. The normalized spacial score (nSPS) is 22.1. The molecular formula is C96H134N16O26SY. The van der Waals surface area contributed by atoms with Gasteiger partial charge in [0.1, 0.15) is 83.6 Å². The third-order valence-electron chi connectivity index (χ3n) is 26.3. The summed E-state index contributed by atoms with van der Waals surface area (Å²) >= 11 is 1.45. The number of aromatic nitrogens is 4. The SMILES string of the molecule is CCC(C)C(C(CC(=O)N1CCCC1C(OC)C(C)C(=O)NC(Cc1ccccc1)c1nccs1)OC)N(C)C(=O)C(NC(=O)C(C(C)C)N(C)C(=O)OCc1ccc(NC(=O)C(CCCNC(N)=O)NC(=O)C(NC(=O)CCC(=O)N2Cc3ccccc3-c3c(nnn3CC(O)C(O)C3(NC(C)=O)COC(OCC4OC(O)C(O)C(O)C4O)(C(=O)O)CC3O)-c3ccccc32)C(C)C)cc1)C(C)C.[Y]. The Kier molecular flexibility index (Phi) is 41.6. The van der Waals surface area contributed by atoms with Crippen LogP contribution in [0.25, 0.3) is 22.5 Å². The minimum absolute atomic E-state index is 0. The molecule has 6 aromatic rings. The number of carboxylic acid groups (broad SMARTS) is 1. The molecule has 0 spiro atoms. The molecule has 21 atom stereocenters. The molecule has 17 N–H and O–H groups in total. The van der Waals surface area contributed by atoms with Crippen molar-refractivity contribution in [3.8, 4) is 22.5 Å². The number of likely N-dealkylation sites (N-methyl/N-ethyl adjacent to an activating group) is 2. The first-order valence-corrected chi connectivity index (χ1v) is 47.6. The molecule has 140 heavy (non-hydrogen) atoms. The number of amides is 12. The summed E-state index contributed by atoms with van der Waals surface area (Å²) in [4.78, 5) is 178. The number of aliphatic carboxylic acids is 1. The van der Waals surface area contributed by atoms with Gasteiger partial charge in [0.05, 0.1) is 86.5 Å². The molecule has 3 saturated heterocycles. The van der Waals surface area contributed by atoms with Crippen molar-refractivity contribution in [2.45, 2.75) is 268 Å². The van der Waals surface area contributed by atoms with E-state index in [1.807, 2.05) is 49.6 Å². The summed E-state index contributed by atoms with van der Waals surface area (Å²) in [6.07, 6.45) is -15.7. The maximum absolute atomic E-state index is 15.0. The van der Waals surface area contributed by atoms with Crippen LogP contribution in [0.1, 0.15) is 155 Å². The van der Waals surface area contributed by atoms with Gasteiger partial charge < -0.3 is 127 Å². The van der Waals surface area contributed by atoms with Crippen LogP contribution in [0.3, 0.4) is 0 Å². The van der Waals surface area contributed by atoms with Crippen molar-refractivity contribution >= 4 is 94.0 Å². The number of ether oxygens (including phenoxy) is 6. The Morgan fingerprint density at radius 1 is 0.729 bits per heavy atom. The molecule has 12 amide bonds. The van der Waals surface area contributed by atoms with Gasteiger partial charge in [-0.3, -0.25) is 48.1 Å². The zero-order chi connectivity index (χ0) is 102. The molecule has 10 rings (SSSR count). The van der Waals surface area contributed by atoms with Gasteiger partial charge in [-0.15, -0.1) is 16.4 Å². The summed E-state index contributed by atoms with van der Waals surface area (Å²) in [6, 6.07) is 22.4. The standard InChI is InChI=1S/C96H134N16O26S.Y/c1-15-54(8)78(68(133-13)44-73(118)110-41-24-32-66(110)83(134-14)55(9)85(123)102-64(89-98-40-42-139-89)43-57-25-17-16-18-26-57)108(11)90(127)75(52(4)5)104-88(126)77(53(6)7)109(12)94(132)135-48-58-33-35-60(36-34-58)100-86(124)63(30-23-39-99-93(97)131)101-87(125)74(51(2)3)103-71(116)37-38-72(117)111-46-59-27-19-20-28-61(59)79-76(62-29-21-22-31-65(62)111)106-107-112(79)47-67(114)84(122)95(105-56(10)113)50-137-96(92(129)130,45-70(95)115)136-49-69-80(119)81(120)82(121)91(128)138-69;/h16-22,25-29,31,33-36,40,42,51-55,63-64,66-70,74-75,77-78,80-84,91,114-115,119-122,128H,15,23-24,30,32,37-39,41,43-50H2,1-14H3,(H,100,124)(H,101,125)(H,102,123)(H,103,116)(H,104,126)(H,105,113)(H,129,130)(H3,97,99,131);. The molecular weight excluding hydrogens is 1910 g/mol. The first kappa shape index (κ1) is 113. The predicted molar refractivity (Wildman–Crippen MR) is 505 cm³/mol. The molecule has 0 saturated carbocycles. The van der Waals surface area contributed by atoms with Gasteiger partial charge in [-0.1, -0.05) is 159 Å². The monoisotopic (exact) mass is 2050 g/mol. The molecule has 4 aromatic carbocycles. The second-order valence-corrected chi connectivity index (χ2v) is 38.0. The molecule has 0 bridgehead atoms.